The van der Waals surface area contributed by atoms with E-state index in [2.05, 4.69) is 26.2 Å². The number of carbonyl (C=O) groups is 2. The Bertz CT molecular complexity index is 543. The lowest BCUT2D eigenvalue weighted by molar-refractivity contribution is -0.141. The van der Waals surface area contributed by atoms with Crippen LogP contribution in [0.15, 0.2) is 22.9 Å². The van der Waals surface area contributed by atoms with Crippen molar-refractivity contribution < 1.29 is 9.59 Å². The summed E-state index contributed by atoms with van der Waals surface area (Å²) in [5.74, 6) is -0.143. The number of pyridine rings is 1. The van der Waals surface area contributed by atoms with Crippen LogP contribution in [0, 0.1) is 0 Å². The second kappa shape index (κ2) is 5.52. The normalized spacial score (nSPS) is 23.6. The summed E-state index contributed by atoms with van der Waals surface area (Å²) >= 11 is 3.39. The lowest BCUT2D eigenvalue weighted by Crippen LogP contribution is -2.41. The Morgan fingerprint density at radius 2 is 2.05 bits per heavy atom. The largest absolute Gasteiger partial charge is 0.372 e. The predicted octanol–water partition coefficient (Wildman–Crippen LogP) is 2.33. The van der Waals surface area contributed by atoms with Crippen molar-refractivity contribution in [3.8, 4) is 0 Å². The third-order valence-corrected chi connectivity index (χ3v) is 4.61. The number of rotatable bonds is 3. The lowest BCUT2D eigenvalue weighted by Gasteiger charge is -2.22. The van der Waals surface area contributed by atoms with E-state index in [1.165, 1.54) is 4.90 Å². The number of likely N-dealkylation sites (tertiary alicyclic amines) is 1. The lowest BCUT2D eigenvalue weighted by atomic mass is 10.2. The van der Waals surface area contributed by atoms with Gasteiger partial charge in [-0.3, -0.25) is 19.5 Å². The van der Waals surface area contributed by atoms with Gasteiger partial charge in [-0.1, -0.05) is 12.8 Å². The standard InChI is InChI=1S/C14H16BrN3O2/c15-10-8-16-6-5-11(10)17-12-7-13(19)18(14(12)20)9-3-1-2-4-9/h5-6,8-9,12H,1-4,7H2,(H,16,17). The third-order valence-electron chi connectivity index (χ3n) is 3.97. The molecule has 1 saturated carbocycles. The Hall–Kier alpha value is -1.43. The summed E-state index contributed by atoms with van der Waals surface area (Å²) in [6.45, 7) is 0. The molecular formula is C14H16BrN3O2. The Morgan fingerprint density at radius 1 is 1.30 bits per heavy atom. The molecule has 3 rings (SSSR count). The molecule has 20 heavy (non-hydrogen) atoms. The van der Waals surface area contributed by atoms with Crippen LogP contribution in [0.2, 0.25) is 0 Å². The van der Waals surface area contributed by atoms with Crippen molar-refractivity contribution in [1.29, 1.82) is 0 Å². The third kappa shape index (κ3) is 2.44. The van der Waals surface area contributed by atoms with Gasteiger partial charge in [0.05, 0.1) is 16.6 Å². The van der Waals surface area contributed by atoms with Gasteiger partial charge < -0.3 is 5.32 Å². The van der Waals surface area contributed by atoms with E-state index >= 15 is 0 Å². The number of amides is 2. The molecule has 2 aliphatic rings. The maximum Gasteiger partial charge on any atom is 0.252 e. The van der Waals surface area contributed by atoms with Crippen LogP contribution in [-0.2, 0) is 9.59 Å². The minimum atomic E-state index is -0.457. The predicted molar refractivity (Wildman–Crippen MR) is 78.1 cm³/mol. The first kappa shape index (κ1) is 13.5. The highest BCUT2D eigenvalue weighted by Gasteiger charge is 2.43. The molecule has 0 spiro atoms. The summed E-state index contributed by atoms with van der Waals surface area (Å²) in [6.07, 6.45) is 7.67. The summed E-state index contributed by atoms with van der Waals surface area (Å²) in [6, 6.07) is 1.45. The van der Waals surface area contributed by atoms with Gasteiger partial charge in [0.2, 0.25) is 5.91 Å². The van der Waals surface area contributed by atoms with Crippen molar-refractivity contribution in [2.24, 2.45) is 0 Å². The molecule has 2 fully saturated rings. The smallest absolute Gasteiger partial charge is 0.252 e. The summed E-state index contributed by atoms with van der Waals surface area (Å²) in [7, 11) is 0. The molecule has 0 radical (unpaired) electrons. The van der Waals surface area contributed by atoms with Crippen molar-refractivity contribution >= 4 is 33.4 Å². The molecule has 1 unspecified atom stereocenters. The van der Waals surface area contributed by atoms with Gasteiger partial charge in [0.1, 0.15) is 6.04 Å². The number of carbonyl (C=O) groups excluding carboxylic acids is 2. The first-order valence-electron chi connectivity index (χ1n) is 6.89. The molecular weight excluding hydrogens is 322 g/mol. The molecule has 2 heterocycles. The molecule has 5 nitrogen and oxygen atoms in total. The Kier molecular flexibility index (Phi) is 3.74. The quantitative estimate of drug-likeness (QED) is 0.860. The monoisotopic (exact) mass is 337 g/mol. The fraction of sp³-hybridized carbons (Fsp3) is 0.500. The van der Waals surface area contributed by atoms with Gasteiger partial charge >= 0.3 is 0 Å². The van der Waals surface area contributed by atoms with E-state index in [9.17, 15) is 9.59 Å². The molecule has 1 saturated heterocycles. The summed E-state index contributed by atoms with van der Waals surface area (Å²) < 4.78 is 0.791. The summed E-state index contributed by atoms with van der Waals surface area (Å²) in [5, 5.41) is 3.14. The molecule has 1 atom stereocenters. The fourth-order valence-electron chi connectivity index (χ4n) is 2.99. The highest BCUT2D eigenvalue weighted by molar-refractivity contribution is 9.10. The highest BCUT2D eigenvalue weighted by Crippen LogP contribution is 2.30. The van der Waals surface area contributed by atoms with Gasteiger partial charge in [0.15, 0.2) is 0 Å². The average molecular weight is 338 g/mol. The maximum atomic E-state index is 12.4. The zero-order valence-electron chi connectivity index (χ0n) is 11.0. The molecule has 1 aromatic heterocycles. The van der Waals surface area contributed by atoms with Crippen LogP contribution in [0.3, 0.4) is 0 Å². The minimum absolute atomic E-state index is 0.0513. The number of hydrogen-bond acceptors (Lipinski definition) is 4. The number of imide groups is 1. The van der Waals surface area contributed by atoms with E-state index in [0.717, 1.165) is 35.8 Å². The topological polar surface area (TPSA) is 62.3 Å². The average Bonchev–Trinajstić information content (AvgIpc) is 3.02. The van der Waals surface area contributed by atoms with Crippen molar-refractivity contribution in [2.75, 3.05) is 5.32 Å². The molecule has 1 aliphatic heterocycles. The summed E-state index contributed by atoms with van der Waals surface area (Å²) in [5.41, 5.74) is 0.791. The van der Waals surface area contributed by atoms with Crippen molar-refractivity contribution in [2.45, 2.75) is 44.2 Å². The maximum absolute atomic E-state index is 12.4. The summed E-state index contributed by atoms with van der Waals surface area (Å²) in [4.78, 5) is 30.0. The van der Waals surface area contributed by atoms with Crippen LogP contribution in [0.25, 0.3) is 0 Å². The van der Waals surface area contributed by atoms with Crippen molar-refractivity contribution in [3.63, 3.8) is 0 Å². The number of aromatic nitrogens is 1. The van der Waals surface area contributed by atoms with E-state index in [0.29, 0.717) is 0 Å². The molecule has 106 valence electrons. The van der Waals surface area contributed by atoms with Crippen LogP contribution in [0.5, 0.6) is 0 Å². The van der Waals surface area contributed by atoms with Gasteiger partial charge in [0, 0.05) is 18.4 Å². The molecule has 0 aromatic carbocycles. The van der Waals surface area contributed by atoms with Gasteiger partial charge in [-0.25, -0.2) is 0 Å². The number of nitrogens with zero attached hydrogens (tertiary/aromatic N) is 2. The molecule has 1 aromatic rings. The van der Waals surface area contributed by atoms with Crippen LogP contribution in [0.4, 0.5) is 5.69 Å². The first-order valence-corrected chi connectivity index (χ1v) is 7.68. The number of anilines is 1. The molecule has 2 amide bonds. The Morgan fingerprint density at radius 3 is 2.75 bits per heavy atom. The Labute approximate surface area is 125 Å². The molecule has 6 heteroatoms. The minimum Gasteiger partial charge on any atom is -0.372 e. The van der Waals surface area contributed by atoms with Gasteiger partial charge in [-0.15, -0.1) is 0 Å². The van der Waals surface area contributed by atoms with Crippen molar-refractivity contribution in [3.05, 3.63) is 22.9 Å². The zero-order chi connectivity index (χ0) is 14.1. The number of halogens is 1. The van der Waals surface area contributed by atoms with Crippen molar-refractivity contribution in [1.82, 2.24) is 9.88 Å². The highest BCUT2D eigenvalue weighted by atomic mass is 79.9. The number of nitrogens with one attached hydrogen (secondary N) is 1. The first-order chi connectivity index (χ1) is 9.66. The Balaban J connectivity index is 1.74. The second-order valence-electron chi connectivity index (χ2n) is 5.30. The fourth-order valence-corrected chi connectivity index (χ4v) is 3.35. The van der Waals surface area contributed by atoms with E-state index in [1.54, 1.807) is 18.5 Å². The van der Waals surface area contributed by atoms with E-state index in [-0.39, 0.29) is 24.3 Å². The zero-order valence-corrected chi connectivity index (χ0v) is 12.6. The van der Waals surface area contributed by atoms with E-state index < -0.39 is 6.04 Å². The number of hydrogen-bond donors (Lipinski definition) is 1. The van der Waals surface area contributed by atoms with Crippen LogP contribution in [0.1, 0.15) is 32.1 Å². The molecule has 1 aliphatic carbocycles. The van der Waals surface area contributed by atoms with E-state index in [1.807, 2.05) is 0 Å². The molecule has 0 bridgehead atoms. The van der Waals surface area contributed by atoms with Gasteiger partial charge in [-0.05, 0) is 34.8 Å². The molecule has 1 N–H and O–H groups in total. The second-order valence-corrected chi connectivity index (χ2v) is 6.15. The van der Waals surface area contributed by atoms with Crippen LogP contribution < -0.4 is 5.32 Å². The van der Waals surface area contributed by atoms with Crippen LogP contribution >= 0.6 is 15.9 Å². The van der Waals surface area contributed by atoms with Gasteiger partial charge in [0.25, 0.3) is 5.91 Å². The van der Waals surface area contributed by atoms with Crippen LogP contribution in [-0.4, -0.2) is 33.8 Å². The van der Waals surface area contributed by atoms with Gasteiger partial charge in [-0.2, -0.15) is 0 Å². The van der Waals surface area contributed by atoms with E-state index in [4.69, 9.17) is 0 Å². The SMILES string of the molecule is O=C1CC(Nc2ccncc2Br)C(=O)N1C1CCCC1.